The van der Waals surface area contributed by atoms with Crippen LogP contribution in [0, 0.1) is 0 Å². The Morgan fingerprint density at radius 2 is 1.75 bits per heavy atom. The van der Waals surface area contributed by atoms with Gasteiger partial charge in [0.15, 0.2) is 6.23 Å². The fraction of sp³-hybridized carbons (Fsp3) is 0.316. The van der Waals surface area contributed by atoms with E-state index in [1.807, 2.05) is 48.5 Å². The number of amides is 2. The normalized spacial score (nSPS) is 11.9. The highest BCUT2D eigenvalue weighted by atomic mass is 79.9. The molecule has 2 N–H and O–H groups in total. The highest BCUT2D eigenvalue weighted by Gasteiger charge is 2.09. The van der Waals surface area contributed by atoms with E-state index in [9.17, 15) is 4.79 Å². The summed E-state index contributed by atoms with van der Waals surface area (Å²) in [7, 11) is 0. The molecule has 0 bridgehead atoms. The van der Waals surface area contributed by atoms with E-state index in [0.717, 1.165) is 15.8 Å². The quantitative estimate of drug-likeness (QED) is 0.696. The molecule has 128 valence electrons. The molecule has 0 fully saturated rings. The van der Waals surface area contributed by atoms with Gasteiger partial charge < -0.3 is 15.4 Å². The highest BCUT2D eigenvalue weighted by molar-refractivity contribution is 9.10. The van der Waals surface area contributed by atoms with Gasteiger partial charge in [0.25, 0.3) is 0 Å². The molecule has 0 saturated heterocycles. The molecule has 0 aliphatic rings. The maximum Gasteiger partial charge on any atom is 0.317 e. The summed E-state index contributed by atoms with van der Waals surface area (Å²) >= 11 is 3.46. The maximum atomic E-state index is 12.0. The van der Waals surface area contributed by atoms with Gasteiger partial charge in [0.05, 0.1) is 0 Å². The summed E-state index contributed by atoms with van der Waals surface area (Å²) in [4.78, 5) is 12.0. The predicted molar refractivity (Wildman–Crippen MR) is 100 cm³/mol. The van der Waals surface area contributed by atoms with E-state index >= 15 is 0 Å². The predicted octanol–water partition coefficient (Wildman–Crippen LogP) is 4.80. The molecule has 1 unspecified atom stereocenters. The average molecular weight is 391 g/mol. The van der Waals surface area contributed by atoms with Crippen molar-refractivity contribution in [3.63, 3.8) is 0 Å². The summed E-state index contributed by atoms with van der Waals surface area (Å²) in [5.74, 6) is 1.22. The number of hydrogen-bond donors (Lipinski definition) is 2. The van der Waals surface area contributed by atoms with Crippen molar-refractivity contribution in [3.05, 3.63) is 64.1 Å². The minimum absolute atomic E-state index is 0.267. The molecule has 1 atom stereocenters. The average Bonchev–Trinajstić information content (AvgIpc) is 2.54. The molecule has 5 heteroatoms. The van der Waals surface area contributed by atoms with Crippen molar-refractivity contribution in [2.75, 3.05) is 0 Å². The molecule has 24 heavy (non-hydrogen) atoms. The van der Waals surface area contributed by atoms with Crippen LogP contribution in [-0.2, 0) is 6.54 Å². The van der Waals surface area contributed by atoms with Gasteiger partial charge in [-0.15, -0.1) is 0 Å². The number of benzene rings is 2. The van der Waals surface area contributed by atoms with Crippen LogP contribution in [0.3, 0.4) is 0 Å². The monoisotopic (exact) mass is 390 g/mol. The lowest BCUT2D eigenvalue weighted by Gasteiger charge is -2.17. The smallest absolute Gasteiger partial charge is 0.317 e. The molecular weight excluding hydrogens is 368 g/mol. The zero-order valence-corrected chi connectivity index (χ0v) is 15.8. The van der Waals surface area contributed by atoms with Gasteiger partial charge in [-0.3, -0.25) is 0 Å². The molecule has 2 aromatic rings. The summed E-state index contributed by atoms with van der Waals surface area (Å²) in [5.41, 5.74) is 2.28. The van der Waals surface area contributed by atoms with Crippen molar-refractivity contribution in [1.82, 2.24) is 10.6 Å². The number of urea groups is 1. The molecule has 2 amide bonds. The third kappa shape index (κ3) is 5.57. The Kier molecular flexibility index (Phi) is 6.67. The van der Waals surface area contributed by atoms with Gasteiger partial charge in [-0.05, 0) is 42.2 Å². The van der Waals surface area contributed by atoms with Crippen LogP contribution in [0.25, 0.3) is 0 Å². The summed E-state index contributed by atoms with van der Waals surface area (Å²) in [6.07, 6.45) is -0.422. The number of nitrogens with one attached hydrogen (secondary N) is 2. The second kappa shape index (κ2) is 8.73. The lowest BCUT2D eigenvalue weighted by atomic mass is 10.0. The van der Waals surface area contributed by atoms with Gasteiger partial charge in [0.1, 0.15) is 5.75 Å². The standard InChI is InChI=1S/C19H23BrN2O2/c1-13(2)15-8-10-17(11-9-15)24-14(3)22-19(23)21-12-16-6-4-5-7-18(16)20/h4-11,13-14H,12H2,1-3H3,(H2,21,22,23). The number of halogens is 1. The van der Waals surface area contributed by atoms with Crippen LogP contribution < -0.4 is 15.4 Å². The number of rotatable bonds is 6. The summed E-state index contributed by atoms with van der Waals surface area (Å²) in [6, 6.07) is 15.4. The molecule has 0 aliphatic heterocycles. The van der Waals surface area contributed by atoms with Crippen LogP contribution in [-0.4, -0.2) is 12.3 Å². The zero-order chi connectivity index (χ0) is 17.5. The fourth-order valence-corrected chi connectivity index (χ4v) is 2.64. The first-order valence-corrected chi connectivity index (χ1v) is 8.79. The van der Waals surface area contributed by atoms with Crippen molar-refractivity contribution in [1.29, 1.82) is 0 Å². The van der Waals surface area contributed by atoms with E-state index in [2.05, 4.69) is 40.4 Å². The van der Waals surface area contributed by atoms with E-state index in [0.29, 0.717) is 12.5 Å². The van der Waals surface area contributed by atoms with Gasteiger partial charge >= 0.3 is 6.03 Å². The van der Waals surface area contributed by atoms with Gasteiger partial charge in [0, 0.05) is 11.0 Å². The Bertz CT molecular complexity index is 671. The van der Waals surface area contributed by atoms with Gasteiger partial charge in [0.2, 0.25) is 0 Å². The Morgan fingerprint density at radius 1 is 1.08 bits per heavy atom. The maximum absolute atomic E-state index is 12.0. The van der Waals surface area contributed by atoms with Crippen LogP contribution in [0.1, 0.15) is 37.8 Å². The number of carbonyl (C=O) groups excluding carboxylic acids is 1. The Balaban J connectivity index is 1.80. The van der Waals surface area contributed by atoms with Crippen molar-refractivity contribution in [3.8, 4) is 5.75 Å². The van der Waals surface area contributed by atoms with Crippen molar-refractivity contribution >= 4 is 22.0 Å². The minimum atomic E-state index is -0.422. The summed E-state index contributed by atoms with van der Waals surface area (Å²) < 4.78 is 6.69. The molecule has 2 aromatic carbocycles. The third-order valence-corrected chi connectivity index (χ3v) is 4.36. The van der Waals surface area contributed by atoms with Crippen LogP contribution >= 0.6 is 15.9 Å². The molecule has 4 nitrogen and oxygen atoms in total. The molecule has 0 heterocycles. The first kappa shape index (κ1) is 18.3. The topological polar surface area (TPSA) is 50.4 Å². The molecule has 0 spiro atoms. The van der Waals surface area contributed by atoms with E-state index in [1.165, 1.54) is 5.56 Å². The van der Waals surface area contributed by atoms with Crippen molar-refractivity contribution in [2.45, 2.75) is 39.5 Å². The van der Waals surface area contributed by atoms with Crippen LogP contribution in [0.2, 0.25) is 0 Å². The number of carbonyl (C=O) groups is 1. The van der Waals surface area contributed by atoms with Gasteiger partial charge in [-0.25, -0.2) is 4.79 Å². The zero-order valence-electron chi connectivity index (χ0n) is 14.2. The van der Waals surface area contributed by atoms with Crippen molar-refractivity contribution in [2.24, 2.45) is 0 Å². The fourth-order valence-electron chi connectivity index (χ4n) is 2.22. The van der Waals surface area contributed by atoms with E-state index in [-0.39, 0.29) is 6.03 Å². The molecular formula is C19H23BrN2O2. The largest absolute Gasteiger partial charge is 0.471 e. The summed E-state index contributed by atoms with van der Waals surface area (Å²) in [6.45, 7) is 6.54. The second-order valence-electron chi connectivity index (χ2n) is 5.90. The van der Waals surface area contributed by atoms with E-state index < -0.39 is 6.23 Å². The number of hydrogen-bond acceptors (Lipinski definition) is 2. The SMILES string of the molecule is CC(NC(=O)NCc1ccccc1Br)Oc1ccc(C(C)C)cc1. The van der Waals surface area contributed by atoms with Crippen LogP contribution in [0.15, 0.2) is 53.0 Å². The Morgan fingerprint density at radius 3 is 2.38 bits per heavy atom. The Hall–Kier alpha value is -2.01. The number of ether oxygens (including phenoxy) is 1. The van der Waals surface area contributed by atoms with Crippen LogP contribution in [0.4, 0.5) is 4.79 Å². The van der Waals surface area contributed by atoms with E-state index in [1.54, 1.807) is 6.92 Å². The molecule has 0 radical (unpaired) electrons. The van der Waals surface area contributed by atoms with Crippen molar-refractivity contribution < 1.29 is 9.53 Å². The molecule has 0 saturated carbocycles. The Labute approximate surface area is 151 Å². The minimum Gasteiger partial charge on any atom is -0.471 e. The molecule has 0 aromatic heterocycles. The lowest BCUT2D eigenvalue weighted by molar-refractivity contribution is 0.177. The molecule has 0 aliphatic carbocycles. The van der Waals surface area contributed by atoms with Gasteiger partial charge in [-0.1, -0.05) is 60.1 Å². The van der Waals surface area contributed by atoms with Gasteiger partial charge in [-0.2, -0.15) is 0 Å². The first-order valence-electron chi connectivity index (χ1n) is 8.00. The van der Waals surface area contributed by atoms with Crippen LogP contribution in [0.5, 0.6) is 5.75 Å². The highest BCUT2D eigenvalue weighted by Crippen LogP contribution is 2.19. The first-order chi connectivity index (χ1) is 11.5. The molecule has 2 rings (SSSR count). The lowest BCUT2D eigenvalue weighted by Crippen LogP contribution is -2.43. The second-order valence-corrected chi connectivity index (χ2v) is 6.76. The van der Waals surface area contributed by atoms with E-state index in [4.69, 9.17) is 4.74 Å². The summed E-state index contributed by atoms with van der Waals surface area (Å²) in [5, 5.41) is 5.59. The third-order valence-electron chi connectivity index (χ3n) is 3.59.